The molecule has 0 saturated heterocycles. The molecule has 1 aromatic carbocycles. The number of amides is 1. The summed E-state index contributed by atoms with van der Waals surface area (Å²) >= 11 is 0. The molecule has 5 heteroatoms. The number of carbonyl (C=O) groups excluding carboxylic acids is 1. The second kappa shape index (κ2) is 6.77. The van der Waals surface area contributed by atoms with E-state index in [0.717, 1.165) is 11.3 Å². The van der Waals surface area contributed by atoms with Gasteiger partial charge in [-0.05, 0) is 29.8 Å². The van der Waals surface area contributed by atoms with E-state index in [0.29, 0.717) is 6.54 Å². The van der Waals surface area contributed by atoms with Crippen LogP contribution in [0.3, 0.4) is 0 Å². The molecular weight excluding hydrogens is 258 g/mol. The highest BCUT2D eigenvalue weighted by Crippen LogP contribution is 2.21. The maximum absolute atomic E-state index is 11.8. The van der Waals surface area contributed by atoms with Crippen LogP contribution >= 0.6 is 0 Å². The number of ether oxygens (including phenoxy) is 2. The lowest BCUT2D eigenvalue weighted by Gasteiger charge is -2.16. The van der Waals surface area contributed by atoms with Crippen LogP contribution in [0.15, 0.2) is 47.1 Å². The van der Waals surface area contributed by atoms with Crippen LogP contribution in [-0.4, -0.2) is 26.7 Å². The van der Waals surface area contributed by atoms with Gasteiger partial charge in [0.2, 0.25) is 0 Å². The number of nitrogens with one attached hydrogen (secondary N) is 1. The summed E-state index contributed by atoms with van der Waals surface area (Å²) < 4.78 is 15.6. The Hall–Kier alpha value is -2.27. The van der Waals surface area contributed by atoms with Crippen LogP contribution in [-0.2, 0) is 4.74 Å². The minimum absolute atomic E-state index is 0.246. The first-order valence-electron chi connectivity index (χ1n) is 6.23. The fourth-order valence-electron chi connectivity index (χ4n) is 1.86. The number of hydrogen-bond donors (Lipinski definition) is 1. The van der Waals surface area contributed by atoms with Gasteiger partial charge in [0.05, 0.1) is 19.5 Å². The lowest BCUT2D eigenvalue weighted by atomic mass is 10.1. The number of benzene rings is 1. The molecule has 1 heterocycles. The van der Waals surface area contributed by atoms with Crippen LogP contribution in [0.2, 0.25) is 0 Å². The van der Waals surface area contributed by atoms with E-state index < -0.39 is 0 Å². The van der Waals surface area contributed by atoms with Crippen molar-refractivity contribution in [2.75, 3.05) is 20.8 Å². The molecule has 0 aliphatic heterocycles. The van der Waals surface area contributed by atoms with Crippen LogP contribution in [0.25, 0.3) is 0 Å². The highest BCUT2D eigenvalue weighted by molar-refractivity contribution is 5.91. The zero-order chi connectivity index (χ0) is 14.4. The second-order valence-corrected chi connectivity index (χ2v) is 4.19. The molecule has 1 N–H and O–H groups in total. The van der Waals surface area contributed by atoms with Gasteiger partial charge >= 0.3 is 0 Å². The van der Waals surface area contributed by atoms with Gasteiger partial charge in [-0.2, -0.15) is 0 Å². The highest BCUT2D eigenvalue weighted by atomic mass is 16.5. The Kier molecular flexibility index (Phi) is 4.79. The number of methoxy groups -OCH3 is 2. The molecule has 106 valence electrons. The molecule has 0 aliphatic carbocycles. The monoisotopic (exact) mass is 275 g/mol. The van der Waals surface area contributed by atoms with E-state index in [4.69, 9.17) is 13.9 Å². The van der Waals surface area contributed by atoms with Crippen LogP contribution in [0.1, 0.15) is 22.2 Å². The average molecular weight is 275 g/mol. The lowest BCUT2D eigenvalue weighted by molar-refractivity contribution is 0.0807. The molecule has 20 heavy (non-hydrogen) atoms. The topological polar surface area (TPSA) is 60.7 Å². The van der Waals surface area contributed by atoms with Gasteiger partial charge in [-0.25, -0.2) is 0 Å². The van der Waals surface area contributed by atoms with Crippen molar-refractivity contribution in [1.82, 2.24) is 5.32 Å². The van der Waals surface area contributed by atoms with Gasteiger partial charge in [-0.15, -0.1) is 0 Å². The van der Waals surface area contributed by atoms with Crippen molar-refractivity contribution >= 4 is 5.91 Å². The second-order valence-electron chi connectivity index (χ2n) is 4.19. The Morgan fingerprint density at radius 2 is 2.15 bits per heavy atom. The Labute approximate surface area is 117 Å². The molecule has 0 bridgehead atoms. The van der Waals surface area contributed by atoms with Crippen LogP contribution in [0, 0.1) is 0 Å². The largest absolute Gasteiger partial charge is 0.497 e. The first kappa shape index (κ1) is 14.1. The third-order valence-electron chi connectivity index (χ3n) is 2.94. The molecule has 0 radical (unpaired) electrons. The van der Waals surface area contributed by atoms with Crippen molar-refractivity contribution in [2.24, 2.45) is 0 Å². The van der Waals surface area contributed by atoms with E-state index in [-0.39, 0.29) is 17.8 Å². The molecule has 1 atom stereocenters. The van der Waals surface area contributed by atoms with Gasteiger partial charge in [-0.1, -0.05) is 12.1 Å². The molecule has 5 nitrogen and oxygen atoms in total. The summed E-state index contributed by atoms with van der Waals surface area (Å²) in [6.45, 7) is 0.350. The van der Waals surface area contributed by atoms with E-state index >= 15 is 0 Å². The molecule has 2 aromatic rings. The Bertz CT molecular complexity index is 551. The van der Waals surface area contributed by atoms with Crippen molar-refractivity contribution in [2.45, 2.75) is 6.10 Å². The van der Waals surface area contributed by atoms with E-state index in [2.05, 4.69) is 5.32 Å². The summed E-state index contributed by atoms with van der Waals surface area (Å²) in [7, 11) is 3.21. The van der Waals surface area contributed by atoms with Crippen molar-refractivity contribution in [3.63, 3.8) is 0 Å². The SMILES string of the molecule is COc1cccc([C@@H](CNC(=O)c2ccco2)OC)c1. The summed E-state index contributed by atoms with van der Waals surface area (Å²) in [5, 5.41) is 2.77. The van der Waals surface area contributed by atoms with Crippen molar-refractivity contribution in [1.29, 1.82) is 0 Å². The molecule has 0 unspecified atom stereocenters. The van der Waals surface area contributed by atoms with Gasteiger partial charge in [-0.3, -0.25) is 4.79 Å². The van der Waals surface area contributed by atoms with Crippen LogP contribution in [0.5, 0.6) is 5.75 Å². The fourth-order valence-corrected chi connectivity index (χ4v) is 1.86. The van der Waals surface area contributed by atoms with Crippen molar-refractivity contribution < 1.29 is 18.7 Å². The van der Waals surface area contributed by atoms with Gasteiger partial charge in [0.1, 0.15) is 5.75 Å². The third kappa shape index (κ3) is 3.39. The lowest BCUT2D eigenvalue weighted by Crippen LogP contribution is -2.28. The number of rotatable bonds is 6. The van der Waals surface area contributed by atoms with Crippen LogP contribution < -0.4 is 10.1 Å². The Morgan fingerprint density at radius 3 is 2.80 bits per heavy atom. The zero-order valence-corrected chi connectivity index (χ0v) is 11.5. The molecule has 0 spiro atoms. The summed E-state index contributed by atoms with van der Waals surface area (Å²) in [5.74, 6) is 0.771. The minimum Gasteiger partial charge on any atom is -0.497 e. The number of carbonyl (C=O) groups is 1. The maximum atomic E-state index is 11.8. The Balaban J connectivity index is 2.00. The van der Waals surface area contributed by atoms with Gasteiger partial charge in [0, 0.05) is 13.7 Å². The van der Waals surface area contributed by atoms with Gasteiger partial charge < -0.3 is 19.2 Å². The first-order chi connectivity index (χ1) is 9.74. The summed E-state index contributed by atoms with van der Waals surface area (Å²) in [6, 6.07) is 10.8. The fraction of sp³-hybridized carbons (Fsp3) is 0.267. The zero-order valence-electron chi connectivity index (χ0n) is 11.5. The molecule has 1 amide bonds. The van der Waals surface area contributed by atoms with E-state index in [1.54, 1.807) is 26.4 Å². The summed E-state index contributed by atoms with van der Waals surface area (Å²) in [4.78, 5) is 11.8. The smallest absolute Gasteiger partial charge is 0.287 e. The standard InChI is InChI=1S/C15H17NO4/c1-18-12-6-3-5-11(9-12)14(19-2)10-16-15(17)13-7-4-8-20-13/h3-9,14H,10H2,1-2H3,(H,16,17)/t14-/m1/s1. The predicted octanol–water partition coefficient (Wildman–Crippen LogP) is 2.41. The van der Waals surface area contributed by atoms with Crippen molar-refractivity contribution in [3.8, 4) is 5.75 Å². The summed E-state index contributed by atoms with van der Waals surface area (Å²) in [6.07, 6.45) is 1.22. The minimum atomic E-state index is -0.264. The highest BCUT2D eigenvalue weighted by Gasteiger charge is 2.14. The van der Waals surface area contributed by atoms with E-state index in [9.17, 15) is 4.79 Å². The Morgan fingerprint density at radius 1 is 1.30 bits per heavy atom. The number of furan rings is 1. The van der Waals surface area contributed by atoms with Gasteiger partial charge in [0.25, 0.3) is 5.91 Å². The number of hydrogen-bond acceptors (Lipinski definition) is 4. The molecule has 0 saturated carbocycles. The molecular formula is C15H17NO4. The summed E-state index contributed by atoms with van der Waals surface area (Å²) in [5.41, 5.74) is 0.937. The van der Waals surface area contributed by atoms with Crippen molar-refractivity contribution in [3.05, 3.63) is 54.0 Å². The van der Waals surface area contributed by atoms with E-state index in [1.165, 1.54) is 6.26 Å². The predicted molar refractivity (Wildman–Crippen MR) is 73.8 cm³/mol. The molecule has 1 aromatic heterocycles. The van der Waals surface area contributed by atoms with E-state index in [1.807, 2.05) is 24.3 Å². The maximum Gasteiger partial charge on any atom is 0.287 e. The molecule has 2 rings (SSSR count). The normalized spacial score (nSPS) is 11.9. The first-order valence-corrected chi connectivity index (χ1v) is 6.23. The quantitative estimate of drug-likeness (QED) is 0.879. The molecule has 0 fully saturated rings. The van der Waals surface area contributed by atoms with Gasteiger partial charge in [0.15, 0.2) is 5.76 Å². The van der Waals surface area contributed by atoms with Crippen LogP contribution in [0.4, 0.5) is 0 Å². The third-order valence-corrected chi connectivity index (χ3v) is 2.94. The average Bonchev–Trinajstić information content (AvgIpc) is 3.02. The molecule has 0 aliphatic rings.